The van der Waals surface area contributed by atoms with Gasteiger partial charge in [0.05, 0.1) is 24.8 Å². The summed E-state index contributed by atoms with van der Waals surface area (Å²) in [5, 5.41) is 3.56. The van der Waals surface area contributed by atoms with Crippen LogP contribution in [0.15, 0.2) is 36.5 Å². The quantitative estimate of drug-likeness (QED) is 0.345. The van der Waals surface area contributed by atoms with E-state index in [-0.39, 0.29) is 45.2 Å². The smallest absolute Gasteiger partial charge is 0.254 e. The topological polar surface area (TPSA) is 98.9 Å². The number of aromatic nitrogens is 1. The van der Waals surface area contributed by atoms with Gasteiger partial charge in [0.15, 0.2) is 11.6 Å². The van der Waals surface area contributed by atoms with Crippen molar-refractivity contribution < 1.29 is 23.4 Å². The molecule has 3 aromatic rings. The fourth-order valence-electron chi connectivity index (χ4n) is 4.85. The molecule has 2 aromatic carbocycles. The molecule has 4 rings (SSSR count). The fraction of sp³-hybridized carbons (Fsp3) is 0.357. The molecule has 0 spiro atoms. The van der Waals surface area contributed by atoms with Crippen LogP contribution >= 0.6 is 23.2 Å². The summed E-state index contributed by atoms with van der Waals surface area (Å²) in [5.74, 6) is 0.437. The Labute approximate surface area is 237 Å². The van der Waals surface area contributed by atoms with Crippen LogP contribution in [0.2, 0.25) is 10.0 Å². The monoisotopic (exact) mass is 576 g/mol. The number of halogens is 3. The number of hydrogen-bond donors (Lipinski definition) is 2. The molecule has 3 N–H and O–H groups in total. The molecular weight excluding hydrogens is 546 g/mol. The molecule has 11 heteroatoms. The van der Waals surface area contributed by atoms with Crippen LogP contribution in [0.1, 0.15) is 42.8 Å². The molecule has 8 nitrogen and oxygen atoms in total. The molecule has 2 heterocycles. The van der Waals surface area contributed by atoms with Crippen LogP contribution in [0.4, 0.5) is 10.2 Å². The predicted octanol–water partition coefficient (Wildman–Crippen LogP) is 5.76. The number of amides is 1. The molecule has 1 aliphatic heterocycles. The first kappa shape index (κ1) is 28.7. The Hall–Kier alpha value is -3.27. The molecule has 208 valence electrons. The summed E-state index contributed by atoms with van der Waals surface area (Å²) >= 11 is 12.4. The molecule has 0 saturated carbocycles. The zero-order valence-electron chi connectivity index (χ0n) is 22.3. The lowest BCUT2D eigenvalue weighted by molar-refractivity contribution is 0.0673. The average Bonchev–Trinajstić information content (AvgIpc) is 2.90. The third-order valence-electron chi connectivity index (χ3n) is 6.56. The number of nitrogens with one attached hydrogen (secondary N) is 1. The summed E-state index contributed by atoms with van der Waals surface area (Å²) in [6, 6.07) is 8.00. The highest BCUT2D eigenvalue weighted by molar-refractivity contribution is 6.36. The number of benzene rings is 2. The number of rotatable bonds is 7. The van der Waals surface area contributed by atoms with E-state index in [0.717, 1.165) is 0 Å². The van der Waals surface area contributed by atoms with Gasteiger partial charge in [-0.3, -0.25) is 4.79 Å². The molecule has 1 aliphatic rings. The van der Waals surface area contributed by atoms with Crippen LogP contribution in [0, 0.1) is 5.82 Å². The molecule has 1 unspecified atom stereocenters. The third kappa shape index (κ3) is 6.00. The van der Waals surface area contributed by atoms with E-state index >= 15 is 0 Å². The van der Waals surface area contributed by atoms with Crippen LogP contribution < -0.4 is 25.3 Å². The molecule has 0 radical (unpaired) electrons. The molecule has 0 bridgehead atoms. The van der Waals surface area contributed by atoms with Crippen LogP contribution in [0.5, 0.6) is 17.2 Å². The second-order valence-corrected chi connectivity index (χ2v) is 10.3. The van der Waals surface area contributed by atoms with E-state index in [4.69, 9.17) is 43.1 Å². The van der Waals surface area contributed by atoms with Gasteiger partial charge in [-0.25, -0.2) is 9.37 Å². The van der Waals surface area contributed by atoms with E-state index in [0.29, 0.717) is 41.3 Å². The minimum Gasteiger partial charge on any atom is -0.496 e. The molecule has 39 heavy (non-hydrogen) atoms. The van der Waals surface area contributed by atoms with Crippen molar-refractivity contribution in [1.29, 1.82) is 0 Å². The van der Waals surface area contributed by atoms with Gasteiger partial charge in [0.1, 0.15) is 23.4 Å². The second kappa shape index (κ2) is 11.9. The molecule has 1 amide bonds. The van der Waals surface area contributed by atoms with Crippen molar-refractivity contribution >= 4 is 34.9 Å². The Morgan fingerprint density at radius 2 is 1.72 bits per heavy atom. The number of ether oxygens (including phenoxy) is 3. The van der Waals surface area contributed by atoms with Crippen LogP contribution in [0.3, 0.4) is 0 Å². The van der Waals surface area contributed by atoms with Crippen LogP contribution in [0.25, 0.3) is 11.1 Å². The number of nitrogens with zero attached hydrogens (tertiary/aromatic N) is 2. The predicted molar refractivity (Wildman–Crippen MR) is 151 cm³/mol. The summed E-state index contributed by atoms with van der Waals surface area (Å²) in [7, 11) is 3.03. The van der Waals surface area contributed by atoms with Crippen LogP contribution in [-0.4, -0.2) is 55.2 Å². The van der Waals surface area contributed by atoms with E-state index in [1.54, 1.807) is 31.3 Å². The number of nitrogen functional groups attached to an aromatic ring is 1. The fourth-order valence-corrected chi connectivity index (χ4v) is 5.52. The maximum absolute atomic E-state index is 14.1. The number of carbonyl (C=O) groups is 1. The van der Waals surface area contributed by atoms with Gasteiger partial charge in [-0.1, -0.05) is 23.2 Å². The minimum absolute atomic E-state index is 0.112. The number of anilines is 1. The Balaban J connectivity index is 1.70. The SMILES string of the molecule is COc1cc(C(=O)N2C[C@@H](C)N[C@@H](C)C2)cc(OC)c1-c1cnc(N)c(OC(C)c2c(Cl)ccc(F)c2Cl)c1. The molecule has 0 aliphatic carbocycles. The number of methoxy groups -OCH3 is 2. The largest absolute Gasteiger partial charge is 0.496 e. The molecule has 1 aromatic heterocycles. The number of nitrogens with two attached hydrogens (primary N) is 1. The Kier molecular flexibility index (Phi) is 8.73. The van der Waals surface area contributed by atoms with Crippen molar-refractivity contribution in [2.24, 2.45) is 0 Å². The lowest BCUT2D eigenvalue weighted by Gasteiger charge is -2.36. The third-order valence-corrected chi connectivity index (χ3v) is 7.27. The number of carbonyl (C=O) groups excluding carboxylic acids is 1. The van der Waals surface area contributed by atoms with E-state index in [1.807, 2.05) is 18.7 Å². The van der Waals surface area contributed by atoms with Gasteiger partial charge in [0.2, 0.25) is 0 Å². The highest BCUT2D eigenvalue weighted by Crippen LogP contribution is 2.43. The van der Waals surface area contributed by atoms with Gasteiger partial charge in [0.25, 0.3) is 5.91 Å². The van der Waals surface area contributed by atoms with Crippen molar-refractivity contribution in [3.63, 3.8) is 0 Å². The molecule has 1 fully saturated rings. The first-order valence-electron chi connectivity index (χ1n) is 12.4. The van der Waals surface area contributed by atoms with E-state index in [9.17, 15) is 9.18 Å². The van der Waals surface area contributed by atoms with E-state index in [2.05, 4.69) is 10.3 Å². The highest BCUT2D eigenvalue weighted by atomic mass is 35.5. The Bertz CT molecular complexity index is 1350. The van der Waals surface area contributed by atoms with Gasteiger partial charge in [-0.15, -0.1) is 0 Å². The van der Waals surface area contributed by atoms with Crippen molar-refractivity contribution in [2.75, 3.05) is 33.0 Å². The zero-order valence-corrected chi connectivity index (χ0v) is 23.9. The van der Waals surface area contributed by atoms with Gasteiger partial charge < -0.3 is 30.2 Å². The van der Waals surface area contributed by atoms with Gasteiger partial charge in [-0.05, 0) is 51.1 Å². The maximum atomic E-state index is 14.1. The summed E-state index contributed by atoms with van der Waals surface area (Å²) in [4.78, 5) is 19.5. The number of hydrogen-bond acceptors (Lipinski definition) is 7. The van der Waals surface area contributed by atoms with E-state index in [1.165, 1.54) is 26.4 Å². The molecule has 1 saturated heterocycles. The highest BCUT2D eigenvalue weighted by Gasteiger charge is 2.28. The minimum atomic E-state index is -0.743. The number of pyridine rings is 1. The number of piperazine rings is 1. The second-order valence-electron chi connectivity index (χ2n) is 9.56. The standard InChI is InChI=1S/C28H31Cl2FN4O4/c1-14-12-35(13-15(2)34-14)28(36)17-8-21(37-4)25(22(9-17)38-5)18-10-23(27(32)33-11-18)39-16(3)24-19(29)6-7-20(31)26(24)30/h6-11,14-16,34H,12-13H2,1-5H3,(H2,32,33)/t14-,15+,16?. The van der Waals surface area contributed by atoms with Crippen molar-refractivity contribution in [1.82, 2.24) is 15.2 Å². The van der Waals surface area contributed by atoms with Crippen molar-refractivity contribution in [2.45, 2.75) is 39.0 Å². The van der Waals surface area contributed by atoms with E-state index < -0.39 is 11.9 Å². The lowest BCUT2D eigenvalue weighted by atomic mass is 10.0. The van der Waals surface area contributed by atoms with Crippen molar-refractivity contribution in [3.8, 4) is 28.4 Å². The first-order valence-corrected chi connectivity index (χ1v) is 13.2. The van der Waals surface area contributed by atoms with Crippen molar-refractivity contribution in [3.05, 3.63) is 63.5 Å². The first-order chi connectivity index (χ1) is 18.5. The maximum Gasteiger partial charge on any atom is 0.254 e. The Morgan fingerprint density at radius 3 is 2.31 bits per heavy atom. The zero-order chi connectivity index (χ0) is 28.4. The van der Waals surface area contributed by atoms with Crippen LogP contribution in [-0.2, 0) is 0 Å². The normalized spacial score (nSPS) is 18.0. The summed E-state index contributed by atoms with van der Waals surface area (Å²) in [6.07, 6.45) is 0.809. The summed E-state index contributed by atoms with van der Waals surface area (Å²) in [6.45, 7) is 6.96. The lowest BCUT2D eigenvalue weighted by Crippen LogP contribution is -2.55. The molecule has 3 atom stereocenters. The van der Waals surface area contributed by atoms with Gasteiger partial charge >= 0.3 is 0 Å². The van der Waals surface area contributed by atoms with Gasteiger partial charge in [0, 0.05) is 53.1 Å². The summed E-state index contributed by atoms with van der Waals surface area (Å²) in [5.41, 5.74) is 7.98. The Morgan fingerprint density at radius 1 is 1.10 bits per heavy atom. The van der Waals surface area contributed by atoms with Gasteiger partial charge in [-0.2, -0.15) is 0 Å². The summed E-state index contributed by atoms with van der Waals surface area (Å²) < 4.78 is 31.5. The molecular formula is C28H31Cl2FN4O4. The average molecular weight is 577 g/mol.